The van der Waals surface area contributed by atoms with Gasteiger partial charge in [-0.1, -0.05) is 184 Å². The molecule has 0 amide bonds. The molecule has 0 heterocycles. The number of aryl methyl sites for hydroxylation is 1. The summed E-state index contributed by atoms with van der Waals surface area (Å²) < 4.78 is 0. The van der Waals surface area contributed by atoms with Crippen LogP contribution in [0.4, 0.5) is 11.4 Å². The van der Waals surface area contributed by atoms with Crippen molar-refractivity contribution in [2.24, 2.45) is 0 Å². The Morgan fingerprint density at radius 2 is 0.875 bits per heavy atom. The van der Waals surface area contributed by atoms with Crippen molar-refractivity contribution in [1.29, 1.82) is 0 Å². The first kappa shape index (κ1) is 34.1. The highest BCUT2D eigenvalue weighted by molar-refractivity contribution is 5.87. The zero-order valence-corrected chi connectivity index (χ0v) is 32.3. The Balaban J connectivity index is 1.11. The fourth-order valence-electron chi connectivity index (χ4n) is 10.0. The van der Waals surface area contributed by atoms with E-state index < -0.39 is 5.41 Å². The van der Waals surface area contributed by atoms with Gasteiger partial charge in [0.2, 0.25) is 0 Å². The summed E-state index contributed by atoms with van der Waals surface area (Å²) in [5.41, 5.74) is 20.6. The number of nitrogens with zero attached hydrogens (tertiary/aromatic N) is 1. The molecule has 0 atom stereocenters. The summed E-state index contributed by atoms with van der Waals surface area (Å²) in [5.74, 6) is 0. The Morgan fingerprint density at radius 1 is 0.393 bits per heavy atom. The predicted octanol–water partition coefficient (Wildman–Crippen LogP) is 13.7. The summed E-state index contributed by atoms with van der Waals surface area (Å²) in [7, 11) is 0. The fraction of sp³-hybridized carbons (Fsp3) is 0.127. The Kier molecular flexibility index (Phi) is 8.15. The van der Waals surface area contributed by atoms with Crippen molar-refractivity contribution in [3.05, 3.63) is 239 Å². The molecule has 1 nitrogen and oxygen atoms in total. The van der Waals surface area contributed by atoms with Gasteiger partial charge in [-0.2, -0.15) is 0 Å². The molecule has 0 aromatic heterocycles. The third-order valence-electron chi connectivity index (χ3n) is 12.7. The number of rotatable bonds is 8. The molecule has 0 aliphatic heterocycles. The van der Waals surface area contributed by atoms with Crippen LogP contribution in [0.1, 0.15) is 58.4 Å². The van der Waals surface area contributed by atoms with E-state index in [0.29, 0.717) is 0 Å². The number of anilines is 2. The Morgan fingerprint density at radius 3 is 1.54 bits per heavy atom. The van der Waals surface area contributed by atoms with E-state index in [0.717, 1.165) is 13.0 Å². The van der Waals surface area contributed by atoms with Gasteiger partial charge in [-0.3, -0.25) is 0 Å². The van der Waals surface area contributed by atoms with E-state index in [-0.39, 0.29) is 5.41 Å². The molecule has 2 aliphatic carbocycles. The van der Waals surface area contributed by atoms with Crippen molar-refractivity contribution in [2.75, 3.05) is 11.4 Å². The largest absolute Gasteiger partial charge is 0.341 e. The average Bonchev–Trinajstić information content (AvgIpc) is 3.67. The summed E-state index contributed by atoms with van der Waals surface area (Å²) >= 11 is 0. The van der Waals surface area contributed by atoms with Crippen molar-refractivity contribution >= 4 is 11.4 Å². The first-order chi connectivity index (χ1) is 27.5. The SMILES string of the molecule is Cc1ccccc1C1(c2ccccc2CCN(c2ccc(-c3ccccc3)cc2)c2ccc3c(c2)C(C)(C)c2ccccc2-3)c2ccccc2-c2ccccc21. The van der Waals surface area contributed by atoms with Crippen LogP contribution in [0.5, 0.6) is 0 Å². The second kappa shape index (κ2) is 13.4. The predicted molar refractivity (Wildman–Crippen MR) is 235 cm³/mol. The minimum Gasteiger partial charge on any atom is -0.341 e. The maximum absolute atomic E-state index is 2.54. The Bertz CT molecular complexity index is 2690. The van der Waals surface area contributed by atoms with Gasteiger partial charge in [0.05, 0.1) is 5.41 Å². The number of benzene rings is 8. The molecule has 0 N–H and O–H groups in total. The smallest absolute Gasteiger partial charge is 0.0718 e. The van der Waals surface area contributed by atoms with Crippen LogP contribution in [-0.4, -0.2) is 6.54 Å². The number of hydrogen-bond donors (Lipinski definition) is 0. The average molecular weight is 720 g/mol. The maximum atomic E-state index is 2.54. The van der Waals surface area contributed by atoms with Crippen LogP contribution in [0.25, 0.3) is 33.4 Å². The van der Waals surface area contributed by atoms with Gasteiger partial charge in [-0.15, -0.1) is 0 Å². The standard InChI is InChI=1S/C55H45N/c1-38-17-7-12-24-48(38)55(51-27-15-10-22-45(51)46-23-11-16-28-52(46)55)49-25-13-8-20-41(49)35-36-56(42-31-29-40(30-32-42)39-18-5-4-6-19-39)43-33-34-47-44-21-9-14-26-50(44)54(2,3)53(47)37-43/h4-34,37H,35-36H2,1-3H3. The molecular formula is C55H45N. The van der Waals surface area contributed by atoms with Crippen molar-refractivity contribution in [1.82, 2.24) is 0 Å². The van der Waals surface area contributed by atoms with Gasteiger partial charge < -0.3 is 4.90 Å². The lowest BCUT2D eigenvalue weighted by atomic mass is 9.65. The van der Waals surface area contributed by atoms with Gasteiger partial charge in [0.15, 0.2) is 0 Å². The first-order valence-electron chi connectivity index (χ1n) is 20.0. The number of hydrogen-bond acceptors (Lipinski definition) is 1. The highest BCUT2D eigenvalue weighted by Crippen LogP contribution is 2.57. The van der Waals surface area contributed by atoms with Gasteiger partial charge in [-0.25, -0.2) is 0 Å². The third-order valence-corrected chi connectivity index (χ3v) is 12.7. The van der Waals surface area contributed by atoms with Crippen molar-refractivity contribution in [3.8, 4) is 33.4 Å². The molecule has 0 saturated heterocycles. The van der Waals surface area contributed by atoms with Gasteiger partial charge >= 0.3 is 0 Å². The topological polar surface area (TPSA) is 3.24 Å². The van der Waals surface area contributed by atoms with Gasteiger partial charge in [-0.05, 0) is 115 Å². The van der Waals surface area contributed by atoms with E-state index in [1.165, 1.54) is 89.3 Å². The van der Waals surface area contributed by atoms with Gasteiger partial charge in [0, 0.05) is 23.3 Å². The summed E-state index contributed by atoms with van der Waals surface area (Å²) in [6.07, 6.45) is 0.870. The summed E-state index contributed by atoms with van der Waals surface area (Å²) in [5, 5.41) is 0. The molecule has 0 fully saturated rings. The van der Waals surface area contributed by atoms with Crippen LogP contribution in [-0.2, 0) is 17.3 Å². The van der Waals surface area contributed by atoms with Crippen LogP contribution in [0.15, 0.2) is 194 Å². The highest BCUT2D eigenvalue weighted by Gasteiger charge is 2.47. The van der Waals surface area contributed by atoms with E-state index in [9.17, 15) is 0 Å². The number of fused-ring (bicyclic) bond motifs is 6. The van der Waals surface area contributed by atoms with Gasteiger partial charge in [0.1, 0.15) is 0 Å². The highest BCUT2D eigenvalue weighted by atomic mass is 15.1. The minimum absolute atomic E-state index is 0.0828. The maximum Gasteiger partial charge on any atom is 0.0718 e. The van der Waals surface area contributed by atoms with E-state index >= 15 is 0 Å². The zero-order valence-electron chi connectivity index (χ0n) is 32.3. The normalized spacial score (nSPS) is 14.1. The molecule has 0 unspecified atom stereocenters. The lowest BCUT2D eigenvalue weighted by molar-refractivity contribution is 0.660. The Labute approximate surface area is 331 Å². The van der Waals surface area contributed by atoms with Crippen LogP contribution < -0.4 is 4.90 Å². The minimum atomic E-state index is -0.444. The molecule has 10 rings (SSSR count). The second-order valence-electron chi connectivity index (χ2n) is 16.0. The Hall–Kier alpha value is -6.44. The molecule has 270 valence electrons. The van der Waals surface area contributed by atoms with E-state index in [2.05, 4.69) is 220 Å². The summed E-state index contributed by atoms with van der Waals surface area (Å²) in [6, 6.07) is 72.3. The second-order valence-corrected chi connectivity index (χ2v) is 16.0. The third kappa shape index (κ3) is 5.22. The van der Waals surface area contributed by atoms with Crippen LogP contribution >= 0.6 is 0 Å². The fourth-order valence-corrected chi connectivity index (χ4v) is 10.0. The molecule has 8 aromatic carbocycles. The molecule has 0 radical (unpaired) electrons. The molecular weight excluding hydrogens is 675 g/mol. The quantitative estimate of drug-likeness (QED) is 0.151. The summed E-state index contributed by atoms with van der Waals surface area (Å²) in [6.45, 7) is 7.84. The van der Waals surface area contributed by atoms with Crippen LogP contribution in [0.2, 0.25) is 0 Å². The van der Waals surface area contributed by atoms with Crippen LogP contribution in [0, 0.1) is 6.92 Å². The molecule has 0 spiro atoms. The molecule has 1 heteroatoms. The molecule has 56 heavy (non-hydrogen) atoms. The van der Waals surface area contributed by atoms with Gasteiger partial charge in [0.25, 0.3) is 0 Å². The molecule has 0 saturated carbocycles. The molecule has 2 aliphatic rings. The van der Waals surface area contributed by atoms with Crippen molar-refractivity contribution in [3.63, 3.8) is 0 Å². The first-order valence-corrected chi connectivity index (χ1v) is 20.0. The van der Waals surface area contributed by atoms with E-state index in [4.69, 9.17) is 0 Å². The lowest BCUT2D eigenvalue weighted by Crippen LogP contribution is -2.31. The van der Waals surface area contributed by atoms with E-state index in [1.807, 2.05) is 0 Å². The molecule has 8 aromatic rings. The monoisotopic (exact) mass is 719 g/mol. The van der Waals surface area contributed by atoms with E-state index in [1.54, 1.807) is 0 Å². The molecule has 0 bridgehead atoms. The lowest BCUT2D eigenvalue weighted by Gasteiger charge is -2.37. The van der Waals surface area contributed by atoms with Crippen molar-refractivity contribution < 1.29 is 0 Å². The summed E-state index contributed by atoms with van der Waals surface area (Å²) in [4.78, 5) is 2.54. The van der Waals surface area contributed by atoms with Crippen LogP contribution in [0.3, 0.4) is 0 Å². The zero-order chi connectivity index (χ0) is 37.9. The van der Waals surface area contributed by atoms with Crippen molar-refractivity contribution in [2.45, 2.75) is 38.0 Å².